The Kier molecular flexibility index (Phi) is 8.39. The average molecular weight is 582 g/mol. The summed E-state index contributed by atoms with van der Waals surface area (Å²) in [4.78, 5) is 16.2. The van der Waals surface area contributed by atoms with Crippen molar-refractivity contribution >= 4 is 27.5 Å². The Balaban J connectivity index is 1.15. The van der Waals surface area contributed by atoms with E-state index >= 15 is 0 Å². The van der Waals surface area contributed by atoms with E-state index < -0.39 is 10.0 Å². The summed E-state index contributed by atoms with van der Waals surface area (Å²) < 4.78 is 43.3. The number of nitrogens with one attached hydrogen (secondary N) is 1. The number of aromatic nitrogens is 2. The lowest BCUT2D eigenvalue weighted by Gasteiger charge is -2.37. The van der Waals surface area contributed by atoms with Gasteiger partial charge in [-0.25, -0.2) is 17.8 Å². The van der Waals surface area contributed by atoms with Crippen LogP contribution in [0.4, 0.5) is 21.8 Å². The van der Waals surface area contributed by atoms with Crippen LogP contribution in [0.15, 0.2) is 65.5 Å². The van der Waals surface area contributed by atoms with Crippen molar-refractivity contribution in [1.29, 1.82) is 0 Å². The molecule has 0 amide bonds. The molecule has 41 heavy (non-hydrogen) atoms. The second-order valence-corrected chi connectivity index (χ2v) is 13.5. The van der Waals surface area contributed by atoms with Gasteiger partial charge in [-0.2, -0.15) is 9.29 Å². The number of fused-ring (bicyclic) bond motifs is 1. The number of anilines is 3. The maximum atomic E-state index is 13.9. The van der Waals surface area contributed by atoms with Gasteiger partial charge in [0.25, 0.3) is 0 Å². The second-order valence-electron chi connectivity index (χ2n) is 11.6. The molecule has 4 heterocycles. The van der Waals surface area contributed by atoms with Gasteiger partial charge in [0.05, 0.1) is 10.9 Å². The Morgan fingerprint density at radius 2 is 1.78 bits per heavy atom. The Morgan fingerprint density at radius 3 is 2.54 bits per heavy atom. The third kappa shape index (κ3) is 6.33. The molecule has 6 rings (SSSR count). The van der Waals surface area contributed by atoms with Crippen molar-refractivity contribution in [2.24, 2.45) is 5.92 Å². The standard InChI is InChI=1S/C30H40FN7O2S/c1-35-17-12-26(13-18-35)38(21-20-36-15-2-3-16-36)41(39,40)27-7-5-25(6-8-27)33-30-32-14-10-29(34-30)37-19-11-23-22-24(31)4-9-28(23)37/h4-10,14,22-23,26,28H,2-3,11-13,15-21H2,1H3,(H,32,33,34). The summed E-state index contributed by atoms with van der Waals surface area (Å²) in [6.45, 7) is 6.01. The summed E-state index contributed by atoms with van der Waals surface area (Å²) in [6, 6.07) is 8.88. The zero-order valence-corrected chi connectivity index (χ0v) is 24.5. The van der Waals surface area contributed by atoms with Crippen molar-refractivity contribution < 1.29 is 12.8 Å². The van der Waals surface area contributed by atoms with E-state index in [1.807, 2.05) is 12.1 Å². The maximum Gasteiger partial charge on any atom is 0.243 e. The largest absolute Gasteiger partial charge is 0.349 e. The average Bonchev–Trinajstić information content (AvgIpc) is 3.64. The summed E-state index contributed by atoms with van der Waals surface area (Å²) in [5, 5.41) is 3.23. The van der Waals surface area contributed by atoms with Crippen LogP contribution in [0.1, 0.15) is 32.1 Å². The molecule has 0 bridgehead atoms. The minimum Gasteiger partial charge on any atom is -0.349 e. The fraction of sp³-hybridized carbons (Fsp3) is 0.533. The Bertz CT molecular complexity index is 1370. The molecular weight excluding hydrogens is 541 g/mol. The van der Waals surface area contributed by atoms with E-state index in [2.05, 4.69) is 32.0 Å². The molecule has 3 saturated heterocycles. The fourth-order valence-electron chi connectivity index (χ4n) is 6.56. The highest BCUT2D eigenvalue weighted by Gasteiger charge is 2.35. The quantitative estimate of drug-likeness (QED) is 0.476. The van der Waals surface area contributed by atoms with Gasteiger partial charge >= 0.3 is 0 Å². The maximum absolute atomic E-state index is 13.9. The molecule has 2 atom stereocenters. The predicted octanol–water partition coefficient (Wildman–Crippen LogP) is 4.02. The van der Waals surface area contributed by atoms with E-state index in [0.29, 0.717) is 23.1 Å². The molecule has 3 aliphatic heterocycles. The first-order chi connectivity index (χ1) is 19.9. The molecule has 2 unspecified atom stereocenters. The number of hydrogen-bond acceptors (Lipinski definition) is 8. The van der Waals surface area contributed by atoms with Crippen LogP contribution in [0.2, 0.25) is 0 Å². The SMILES string of the molecule is CN1CCC(N(CCN2CCCC2)S(=O)(=O)c2ccc(Nc3nccc(N4CCC5C=C(F)C=CC54)n3)cc2)CC1. The first-order valence-corrected chi connectivity index (χ1v) is 16.3. The monoisotopic (exact) mass is 581 g/mol. The van der Waals surface area contributed by atoms with Crippen LogP contribution in [-0.4, -0.2) is 97.4 Å². The molecule has 11 heteroatoms. The third-order valence-corrected chi connectivity index (χ3v) is 10.9. The van der Waals surface area contributed by atoms with Crippen molar-refractivity contribution in [1.82, 2.24) is 24.1 Å². The first-order valence-electron chi connectivity index (χ1n) is 14.8. The molecule has 1 aliphatic carbocycles. The Morgan fingerprint density at radius 1 is 1.02 bits per heavy atom. The molecule has 1 aromatic carbocycles. The highest BCUT2D eigenvalue weighted by molar-refractivity contribution is 7.89. The summed E-state index contributed by atoms with van der Waals surface area (Å²) >= 11 is 0. The van der Waals surface area contributed by atoms with E-state index in [9.17, 15) is 12.8 Å². The number of allylic oxidation sites excluding steroid dienone is 2. The number of rotatable bonds is 9. The fourth-order valence-corrected chi connectivity index (χ4v) is 8.23. The van der Waals surface area contributed by atoms with Crippen molar-refractivity contribution in [2.45, 2.75) is 49.1 Å². The van der Waals surface area contributed by atoms with Gasteiger partial charge < -0.3 is 20.0 Å². The molecule has 1 N–H and O–H groups in total. The van der Waals surface area contributed by atoms with Crippen LogP contribution >= 0.6 is 0 Å². The minimum absolute atomic E-state index is 0.0175. The lowest BCUT2D eigenvalue weighted by molar-refractivity contribution is 0.172. The van der Waals surface area contributed by atoms with Crippen molar-refractivity contribution in [3.05, 3.63) is 60.6 Å². The number of hydrogen-bond donors (Lipinski definition) is 1. The molecule has 4 aliphatic rings. The molecule has 2 aromatic rings. The number of sulfonamides is 1. The topological polar surface area (TPSA) is 84.9 Å². The van der Waals surface area contributed by atoms with Crippen molar-refractivity contribution in [2.75, 3.05) is 63.1 Å². The lowest BCUT2D eigenvalue weighted by Crippen LogP contribution is -2.48. The van der Waals surface area contributed by atoms with Crippen LogP contribution in [0.3, 0.4) is 0 Å². The molecule has 0 spiro atoms. The van der Waals surface area contributed by atoms with Crippen LogP contribution in [0, 0.1) is 5.92 Å². The van der Waals surface area contributed by atoms with Crippen LogP contribution < -0.4 is 10.2 Å². The van der Waals surface area contributed by atoms with E-state index in [0.717, 1.165) is 64.3 Å². The van der Waals surface area contributed by atoms with E-state index in [1.54, 1.807) is 40.8 Å². The molecule has 220 valence electrons. The van der Waals surface area contributed by atoms with Gasteiger partial charge in [0.2, 0.25) is 16.0 Å². The van der Waals surface area contributed by atoms with Crippen LogP contribution in [-0.2, 0) is 10.0 Å². The van der Waals surface area contributed by atoms with Gasteiger partial charge in [-0.3, -0.25) is 0 Å². The normalized spacial score (nSPS) is 24.2. The zero-order valence-electron chi connectivity index (χ0n) is 23.7. The first kappa shape index (κ1) is 28.3. The van der Waals surface area contributed by atoms with E-state index in [1.165, 1.54) is 18.9 Å². The third-order valence-electron chi connectivity index (χ3n) is 8.91. The Hall–Kier alpha value is -2.86. The molecule has 1 aromatic heterocycles. The summed E-state index contributed by atoms with van der Waals surface area (Å²) in [6.07, 6.45) is 11.8. The van der Waals surface area contributed by atoms with Gasteiger partial charge in [0.1, 0.15) is 11.6 Å². The van der Waals surface area contributed by atoms with Gasteiger partial charge in [0.15, 0.2) is 0 Å². The van der Waals surface area contributed by atoms with Gasteiger partial charge in [-0.05, 0) is 108 Å². The van der Waals surface area contributed by atoms with Crippen molar-refractivity contribution in [3.8, 4) is 0 Å². The molecule has 0 radical (unpaired) electrons. The van der Waals surface area contributed by atoms with Crippen LogP contribution in [0.5, 0.6) is 0 Å². The van der Waals surface area contributed by atoms with Crippen molar-refractivity contribution in [3.63, 3.8) is 0 Å². The Labute approximate surface area is 242 Å². The van der Waals surface area contributed by atoms with Gasteiger partial charge in [-0.15, -0.1) is 0 Å². The number of nitrogens with zero attached hydrogens (tertiary/aromatic N) is 6. The summed E-state index contributed by atoms with van der Waals surface area (Å²) in [5.41, 5.74) is 0.714. The number of piperidine rings is 1. The van der Waals surface area contributed by atoms with E-state index in [4.69, 9.17) is 4.98 Å². The minimum atomic E-state index is -3.65. The lowest BCUT2D eigenvalue weighted by atomic mass is 9.95. The number of benzene rings is 1. The number of likely N-dealkylation sites (tertiary alicyclic amines) is 2. The number of halogens is 1. The highest BCUT2D eigenvalue weighted by Crippen LogP contribution is 2.34. The van der Waals surface area contributed by atoms with E-state index in [-0.39, 0.29) is 23.8 Å². The summed E-state index contributed by atoms with van der Waals surface area (Å²) in [5.74, 6) is 1.18. The molecule has 9 nitrogen and oxygen atoms in total. The second kappa shape index (κ2) is 12.2. The highest BCUT2D eigenvalue weighted by atomic mass is 32.2. The molecule has 3 fully saturated rings. The zero-order chi connectivity index (χ0) is 28.4. The smallest absolute Gasteiger partial charge is 0.243 e. The summed E-state index contributed by atoms with van der Waals surface area (Å²) in [7, 11) is -1.55. The van der Waals surface area contributed by atoms with Crippen LogP contribution in [0.25, 0.3) is 0 Å². The predicted molar refractivity (Wildman–Crippen MR) is 159 cm³/mol. The molecule has 0 saturated carbocycles. The van der Waals surface area contributed by atoms with Gasteiger partial charge in [0, 0.05) is 43.5 Å². The molecular formula is C30H40FN7O2S. The van der Waals surface area contributed by atoms with Gasteiger partial charge in [-0.1, -0.05) is 6.08 Å².